The molecule has 2 atom stereocenters. The van der Waals surface area contributed by atoms with E-state index in [1.807, 2.05) is 6.92 Å². The molecule has 4 N–H and O–H groups in total. The second-order valence-electron chi connectivity index (χ2n) is 5.62. The number of aliphatic hydroxyl groups is 1. The molecule has 8 heteroatoms. The van der Waals surface area contributed by atoms with E-state index in [2.05, 4.69) is 15.4 Å². The summed E-state index contributed by atoms with van der Waals surface area (Å²) in [5.41, 5.74) is 1.37. The van der Waals surface area contributed by atoms with Gasteiger partial charge in [-0.05, 0) is 19.1 Å². The molecule has 0 aliphatic carbocycles. The highest BCUT2D eigenvalue weighted by Gasteiger charge is 2.25. The normalized spacial score (nSPS) is 21.6. The first-order valence-electron chi connectivity index (χ1n) is 7.01. The van der Waals surface area contributed by atoms with E-state index in [-0.39, 0.29) is 23.1 Å². The van der Waals surface area contributed by atoms with Gasteiger partial charge in [-0.15, -0.1) is 0 Å². The summed E-state index contributed by atoms with van der Waals surface area (Å²) in [6.45, 7) is 3.32. The van der Waals surface area contributed by atoms with Crippen molar-refractivity contribution in [2.45, 2.75) is 13.0 Å². The molecule has 1 saturated heterocycles. The van der Waals surface area contributed by atoms with Crippen molar-refractivity contribution in [3.8, 4) is 0 Å². The van der Waals surface area contributed by atoms with Gasteiger partial charge in [-0.1, -0.05) is 11.6 Å². The number of aliphatic hydroxyl groups excluding tert-OH is 1. The number of β-amino-alcohol motifs (C(OH)–C–C–N with tert-alkyl or cyclic N) is 1. The fourth-order valence-electron chi connectivity index (χ4n) is 2.38. The van der Waals surface area contributed by atoms with Crippen LogP contribution in [-0.2, 0) is 10.0 Å². The predicted octanol–water partition coefficient (Wildman–Crippen LogP) is -0.323. The lowest BCUT2D eigenvalue weighted by Crippen LogP contribution is -2.34. The van der Waals surface area contributed by atoms with Gasteiger partial charge in [-0.3, -0.25) is 9.52 Å². The van der Waals surface area contributed by atoms with Crippen LogP contribution in [0.5, 0.6) is 0 Å². The van der Waals surface area contributed by atoms with Crippen molar-refractivity contribution in [3.63, 3.8) is 0 Å². The maximum absolute atomic E-state index is 12.3. The molecule has 1 aromatic rings. The Kier molecular flexibility index (Phi) is 5.05. The van der Waals surface area contributed by atoms with Crippen molar-refractivity contribution < 1.29 is 18.3 Å². The molecule has 122 valence electrons. The zero-order valence-electron chi connectivity index (χ0n) is 12.6. The number of rotatable bonds is 5. The molecule has 2 rings (SSSR count). The largest absolute Gasteiger partial charge is 0.391 e. The Hall–Kier alpha value is -1.64. The Labute approximate surface area is 130 Å². The minimum Gasteiger partial charge on any atom is -0.391 e. The first kappa shape index (κ1) is 16.7. The second kappa shape index (κ2) is 6.64. The van der Waals surface area contributed by atoms with Gasteiger partial charge in [0, 0.05) is 25.6 Å². The lowest BCUT2D eigenvalue weighted by Gasteiger charge is -2.16. The first-order valence-corrected chi connectivity index (χ1v) is 8.91. The van der Waals surface area contributed by atoms with Gasteiger partial charge >= 0.3 is 0 Å². The van der Waals surface area contributed by atoms with Crippen LogP contribution in [0, 0.1) is 12.8 Å². The maximum atomic E-state index is 12.3. The summed E-state index contributed by atoms with van der Waals surface area (Å²) in [6, 6.07) is 4.93. The zero-order valence-corrected chi connectivity index (χ0v) is 13.4. The van der Waals surface area contributed by atoms with Gasteiger partial charge in [-0.2, -0.15) is 0 Å². The van der Waals surface area contributed by atoms with Crippen molar-refractivity contribution in [2.24, 2.45) is 5.92 Å². The summed E-state index contributed by atoms with van der Waals surface area (Å²) < 4.78 is 25.1. The van der Waals surface area contributed by atoms with E-state index in [0.717, 1.165) is 11.8 Å². The number of amides is 1. The summed E-state index contributed by atoms with van der Waals surface area (Å²) in [5, 5.41) is 15.5. The van der Waals surface area contributed by atoms with Crippen LogP contribution >= 0.6 is 0 Å². The zero-order chi connectivity index (χ0) is 16.3. The molecule has 0 radical (unpaired) electrons. The van der Waals surface area contributed by atoms with Gasteiger partial charge in [0.25, 0.3) is 5.91 Å². The highest BCUT2D eigenvalue weighted by atomic mass is 32.2. The average Bonchev–Trinajstić information content (AvgIpc) is 2.82. The third kappa shape index (κ3) is 4.43. The fourth-order valence-corrected chi connectivity index (χ4v) is 2.96. The van der Waals surface area contributed by atoms with Gasteiger partial charge in [0.05, 0.1) is 23.6 Å². The van der Waals surface area contributed by atoms with Crippen molar-refractivity contribution in [2.75, 3.05) is 30.6 Å². The standard InChI is InChI=1S/C14H21N3O4S/c1-9-3-4-12(17-22(2,20)21)11(5-9)14(19)16-7-10-6-15-8-13(10)18/h3-5,10,13,15,17-18H,6-8H2,1-2H3,(H,16,19). The number of hydrogen-bond donors (Lipinski definition) is 4. The molecule has 0 aromatic heterocycles. The number of carbonyl (C=O) groups excluding carboxylic acids is 1. The third-order valence-electron chi connectivity index (χ3n) is 3.54. The van der Waals surface area contributed by atoms with E-state index >= 15 is 0 Å². The maximum Gasteiger partial charge on any atom is 0.253 e. The van der Waals surface area contributed by atoms with Crippen molar-refractivity contribution in [3.05, 3.63) is 29.3 Å². The smallest absolute Gasteiger partial charge is 0.253 e. The summed E-state index contributed by atoms with van der Waals surface area (Å²) in [6.07, 6.45) is 0.557. The van der Waals surface area contributed by atoms with Crippen LogP contribution < -0.4 is 15.4 Å². The average molecular weight is 327 g/mol. The predicted molar refractivity (Wildman–Crippen MR) is 84.3 cm³/mol. The molecule has 1 fully saturated rings. The number of aryl methyl sites for hydroxylation is 1. The summed E-state index contributed by atoms with van der Waals surface area (Å²) in [7, 11) is -3.47. The van der Waals surface area contributed by atoms with Crippen molar-refractivity contribution in [1.82, 2.24) is 10.6 Å². The number of hydrogen-bond acceptors (Lipinski definition) is 5. The highest BCUT2D eigenvalue weighted by Crippen LogP contribution is 2.19. The van der Waals surface area contributed by atoms with Crippen molar-refractivity contribution in [1.29, 1.82) is 0 Å². The van der Waals surface area contributed by atoms with E-state index in [1.165, 1.54) is 0 Å². The third-order valence-corrected chi connectivity index (χ3v) is 4.13. The van der Waals surface area contributed by atoms with E-state index in [0.29, 0.717) is 19.6 Å². The number of sulfonamides is 1. The van der Waals surface area contributed by atoms with Gasteiger partial charge in [0.2, 0.25) is 10.0 Å². The summed E-state index contributed by atoms with van der Waals surface area (Å²) in [5.74, 6) is -0.408. The Balaban J connectivity index is 2.12. The van der Waals surface area contributed by atoms with E-state index in [4.69, 9.17) is 0 Å². The Morgan fingerprint density at radius 3 is 2.73 bits per heavy atom. The fraction of sp³-hybridized carbons (Fsp3) is 0.500. The lowest BCUT2D eigenvalue weighted by atomic mass is 10.1. The van der Waals surface area contributed by atoms with Gasteiger partial charge in [-0.25, -0.2) is 8.42 Å². The molecule has 2 unspecified atom stereocenters. The Morgan fingerprint density at radius 2 is 2.14 bits per heavy atom. The van der Waals surface area contributed by atoms with Crippen LogP contribution in [0.25, 0.3) is 0 Å². The SMILES string of the molecule is Cc1ccc(NS(C)(=O)=O)c(C(=O)NCC2CNCC2O)c1. The number of anilines is 1. The number of carbonyl (C=O) groups is 1. The molecular weight excluding hydrogens is 306 g/mol. The minimum atomic E-state index is -3.47. The van der Waals surface area contributed by atoms with Crippen LogP contribution in [0.15, 0.2) is 18.2 Å². The first-order chi connectivity index (χ1) is 10.3. The van der Waals surface area contributed by atoms with E-state index in [1.54, 1.807) is 18.2 Å². The topological polar surface area (TPSA) is 108 Å². The summed E-state index contributed by atoms with van der Waals surface area (Å²) >= 11 is 0. The molecule has 1 amide bonds. The van der Waals surface area contributed by atoms with E-state index < -0.39 is 16.1 Å². The molecule has 1 aromatic carbocycles. The Bertz CT molecular complexity index is 660. The summed E-state index contributed by atoms with van der Waals surface area (Å²) in [4.78, 5) is 12.3. The van der Waals surface area contributed by atoms with Crippen LogP contribution in [0.2, 0.25) is 0 Å². The molecular formula is C14H21N3O4S. The highest BCUT2D eigenvalue weighted by molar-refractivity contribution is 7.92. The molecule has 1 heterocycles. The second-order valence-corrected chi connectivity index (χ2v) is 7.37. The molecule has 1 aliphatic rings. The Morgan fingerprint density at radius 1 is 1.41 bits per heavy atom. The molecule has 0 bridgehead atoms. The van der Waals surface area contributed by atoms with Crippen LogP contribution in [0.3, 0.4) is 0 Å². The van der Waals surface area contributed by atoms with Crippen LogP contribution in [-0.4, -0.2) is 51.4 Å². The monoisotopic (exact) mass is 327 g/mol. The minimum absolute atomic E-state index is 0.0416. The van der Waals surface area contributed by atoms with E-state index in [9.17, 15) is 18.3 Å². The molecule has 0 spiro atoms. The molecule has 0 saturated carbocycles. The van der Waals surface area contributed by atoms with Crippen LogP contribution in [0.1, 0.15) is 15.9 Å². The van der Waals surface area contributed by atoms with Gasteiger partial charge in [0.15, 0.2) is 0 Å². The molecule has 7 nitrogen and oxygen atoms in total. The molecule has 22 heavy (non-hydrogen) atoms. The quantitative estimate of drug-likeness (QED) is 0.593. The van der Waals surface area contributed by atoms with Crippen LogP contribution in [0.4, 0.5) is 5.69 Å². The number of nitrogens with one attached hydrogen (secondary N) is 3. The van der Waals surface area contributed by atoms with Gasteiger partial charge < -0.3 is 15.7 Å². The lowest BCUT2D eigenvalue weighted by molar-refractivity contribution is 0.0928. The van der Waals surface area contributed by atoms with Gasteiger partial charge in [0.1, 0.15) is 0 Å². The van der Waals surface area contributed by atoms with Crippen molar-refractivity contribution >= 4 is 21.6 Å². The number of benzene rings is 1. The molecule has 1 aliphatic heterocycles.